The van der Waals surface area contributed by atoms with Crippen LogP contribution in [0.25, 0.3) is 0 Å². The molecule has 2 fully saturated rings. The summed E-state index contributed by atoms with van der Waals surface area (Å²) in [6, 6.07) is 2.92. The van der Waals surface area contributed by atoms with Crippen LogP contribution < -0.4 is 11.2 Å². The molecule has 3 heterocycles. The van der Waals surface area contributed by atoms with Crippen molar-refractivity contribution < 1.29 is 18.6 Å². The summed E-state index contributed by atoms with van der Waals surface area (Å²) in [6.07, 6.45) is 1.29. The highest BCUT2D eigenvalue weighted by Crippen LogP contribution is 2.53. The number of nitriles is 1. The molecule has 0 radical (unpaired) electrons. The Bertz CT molecular complexity index is 822. The third-order valence-corrected chi connectivity index (χ3v) is 6.01. The van der Waals surface area contributed by atoms with Crippen molar-refractivity contribution in [3.8, 4) is 6.07 Å². The highest BCUT2D eigenvalue weighted by Gasteiger charge is 2.65. The van der Waals surface area contributed by atoms with Crippen LogP contribution in [0.3, 0.4) is 0 Å². The fourth-order valence-corrected chi connectivity index (χ4v) is 4.67. The molecule has 0 spiro atoms. The normalized spacial score (nSPS) is 31.1. The first-order chi connectivity index (χ1) is 13.0. The van der Waals surface area contributed by atoms with Gasteiger partial charge in [0.05, 0.1) is 32.8 Å². The molecule has 0 aliphatic carbocycles. The van der Waals surface area contributed by atoms with Crippen LogP contribution >= 0.6 is 8.38 Å². The van der Waals surface area contributed by atoms with Crippen molar-refractivity contribution in [1.29, 1.82) is 5.26 Å². The first kappa shape index (κ1) is 20.1. The number of fused-ring (bicyclic) bond motifs is 2. The van der Waals surface area contributed by atoms with Crippen molar-refractivity contribution >= 4 is 8.38 Å². The van der Waals surface area contributed by atoms with Gasteiger partial charge in [-0.2, -0.15) is 10.3 Å². The minimum absolute atomic E-state index is 0.291. The zero-order valence-electron chi connectivity index (χ0n) is 15.5. The first-order valence-electron chi connectivity index (χ1n) is 8.66. The minimum atomic E-state index is -1.24. The SMILES string of the molecule is CC[C@@]12CN(OC)[C@@H]([C@H](n3ccc(=O)[nH]c3=O)O1)[C@@H]2OP(C)OCCC#N. The van der Waals surface area contributed by atoms with E-state index in [0.29, 0.717) is 26.0 Å². The van der Waals surface area contributed by atoms with Crippen LogP contribution in [0.2, 0.25) is 0 Å². The number of ether oxygens (including phenoxy) is 1. The number of rotatable bonds is 8. The molecule has 148 valence electrons. The molecule has 2 aliphatic rings. The molecule has 0 aromatic carbocycles. The Hall–Kier alpha value is -1.60. The van der Waals surface area contributed by atoms with Gasteiger partial charge in [-0.25, -0.2) is 4.79 Å². The Morgan fingerprint density at radius 3 is 2.93 bits per heavy atom. The van der Waals surface area contributed by atoms with Crippen molar-refractivity contribution in [2.45, 2.75) is 43.7 Å². The number of aromatic amines is 1. The second kappa shape index (κ2) is 8.19. The lowest BCUT2D eigenvalue weighted by Gasteiger charge is -2.35. The Morgan fingerprint density at radius 1 is 1.52 bits per heavy atom. The van der Waals surface area contributed by atoms with E-state index in [1.165, 1.54) is 16.8 Å². The van der Waals surface area contributed by atoms with Crippen LogP contribution in [0.15, 0.2) is 21.9 Å². The van der Waals surface area contributed by atoms with E-state index in [1.54, 1.807) is 12.2 Å². The number of hydrogen-bond donors (Lipinski definition) is 1. The molecule has 0 amide bonds. The second-order valence-electron chi connectivity index (χ2n) is 6.40. The molecular weight excluding hydrogens is 375 g/mol. The third kappa shape index (κ3) is 3.72. The molecule has 10 nitrogen and oxygen atoms in total. The van der Waals surface area contributed by atoms with Crippen molar-refractivity contribution in [1.82, 2.24) is 14.6 Å². The van der Waals surface area contributed by atoms with Gasteiger partial charge in [0, 0.05) is 18.9 Å². The third-order valence-electron chi connectivity index (χ3n) is 4.94. The van der Waals surface area contributed by atoms with E-state index in [0.717, 1.165) is 0 Å². The van der Waals surface area contributed by atoms with E-state index in [-0.39, 0.29) is 12.1 Å². The molecule has 1 N–H and O–H groups in total. The zero-order valence-corrected chi connectivity index (χ0v) is 16.3. The number of H-pyrrole nitrogens is 1. The Balaban J connectivity index is 1.88. The number of hydrogen-bond acceptors (Lipinski definition) is 8. The van der Waals surface area contributed by atoms with E-state index in [9.17, 15) is 9.59 Å². The van der Waals surface area contributed by atoms with Gasteiger partial charge < -0.3 is 18.6 Å². The number of aromatic nitrogens is 2. The molecule has 27 heavy (non-hydrogen) atoms. The molecule has 1 aromatic heterocycles. The maximum atomic E-state index is 12.3. The van der Waals surface area contributed by atoms with E-state index < -0.39 is 31.5 Å². The number of nitrogens with zero attached hydrogens (tertiary/aromatic N) is 3. The average Bonchev–Trinajstić information content (AvgIpc) is 3.11. The molecule has 3 rings (SSSR count). The highest BCUT2D eigenvalue weighted by molar-refractivity contribution is 7.46. The monoisotopic (exact) mass is 398 g/mol. The maximum absolute atomic E-state index is 12.3. The summed E-state index contributed by atoms with van der Waals surface area (Å²) in [5.41, 5.74) is -1.69. The Kier molecular flexibility index (Phi) is 6.11. The smallest absolute Gasteiger partial charge is 0.330 e. The molecule has 2 bridgehead atoms. The zero-order chi connectivity index (χ0) is 19.6. The summed E-state index contributed by atoms with van der Waals surface area (Å²) in [4.78, 5) is 31.4. The minimum Gasteiger partial charge on any atom is -0.345 e. The summed E-state index contributed by atoms with van der Waals surface area (Å²) in [7, 11) is 0.324. The van der Waals surface area contributed by atoms with Gasteiger partial charge in [0.2, 0.25) is 0 Å². The van der Waals surface area contributed by atoms with E-state index >= 15 is 0 Å². The summed E-state index contributed by atoms with van der Waals surface area (Å²) in [6.45, 7) is 4.60. The summed E-state index contributed by atoms with van der Waals surface area (Å²) in [5, 5.41) is 10.4. The van der Waals surface area contributed by atoms with Crippen LogP contribution in [-0.2, 0) is 18.6 Å². The van der Waals surface area contributed by atoms with Crippen molar-refractivity contribution in [2.75, 3.05) is 26.9 Å². The van der Waals surface area contributed by atoms with Crippen LogP contribution in [0.4, 0.5) is 0 Å². The van der Waals surface area contributed by atoms with Gasteiger partial charge >= 0.3 is 5.69 Å². The molecule has 2 aliphatic heterocycles. The fraction of sp³-hybridized carbons (Fsp3) is 0.688. The van der Waals surface area contributed by atoms with E-state index in [4.69, 9.17) is 23.9 Å². The summed E-state index contributed by atoms with van der Waals surface area (Å²) >= 11 is 0. The average molecular weight is 398 g/mol. The molecule has 1 unspecified atom stereocenters. The van der Waals surface area contributed by atoms with Gasteiger partial charge in [-0.05, 0) is 6.42 Å². The first-order valence-corrected chi connectivity index (χ1v) is 10.3. The van der Waals surface area contributed by atoms with Gasteiger partial charge in [0.1, 0.15) is 17.7 Å². The van der Waals surface area contributed by atoms with Crippen LogP contribution in [0.5, 0.6) is 0 Å². The van der Waals surface area contributed by atoms with Gasteiger partial charge in [-0.3, -0.25) is 14.3 Å². The molecule has 11 heteroatoms. The van der Waals surface area contributed by atoms with Gasteiger partial charge in [-0.1, -0.05) is 6.92 Å². The lowest BCUT2D eigenvalue weighted by atomic mass is 9.96. The van der Waals surface area contributed by atoms with Gasteiger partial charge in [0.15, 0.2) is 14.6 Å². The second-order valence-corrected chi connectivity index (χ2v) is 7.75. The van der Waals surface area contributed by atoms with Crippen molar-refractivity contribution in [2.24, 2.45) is 0 Å². The van der Waals surface area contributed by atoms with E-state index in [1.807, 2.05) is 19.7 Å². The van der Waals surface area contributed by atoms with Crippen molar-refractivity contribution in [3.05, 3.63) is 33.1 Å². The fourth-order valence-electron chi connectivity index (χ4n) is 3.63. The van der Waals surface area contributed by atoms with E-state index in [2.05, 4.69) is 4.98 Å². The highest BCUT2D eigenvalue weighted by atomic mass is 31.2. The van der Waals surface area contributed by atoms with Crippen LogP contribution in [-0.4, -0.2) is 59.3 Å². The molecule has 1 aromatic rings. The lowest BCUT2D eigenvalue weighted by Crippen LogP contribution is -2.47. The molecule has 5 atom stereocenters. The topological polar surface area (TPSA) is 119 Å². The van der Waals surface area contributed by atoms with Crippen LogP contribution in [0, 0.1) is 11.3 Å². The number of nitrogens with one attached hydrogen (secondary N) is 1. The van der Waals surface area contributed by atoms with Crippen molar-refractivity contribution in [3.63, 3.8) is 0 Å². The largest absolute Gasteiger partial charge is 0.345 e. The maximum Gasteiger partial charge on any atom is 0.330 e. The van der Waals surface area contributed by atoms with Crippen LogP contribution in [0.1, 0.15) is 26.0 Å². The predicted molar refractivity (Wildman–Crippen MR) is 95.9 cm³/mol. The molecule has 2 saturated heterocycles. The quantitative estimate of drug-likeness (QED) is 0.503. The van der Waals surface area contributed by atoms with Gasteiger partial charge in [0.25, 0.3) is 5.56 Å². The molecule has 0 saturated carbocycles. The standard InChI is InChI=1S/C16H23N4O6P/c1-4-16-10-20(23-2)12(13(16)26-27(3)24-9-5-7-17)14(25-16)19-8-6-11(21)18-15(19)22/h6,8,12-14H,4-5,9-10H2,1-3H3,(H,18,21,22)/t12-,13+,14-,16+,27?/m1/s1. The Morgan fingerprint density at radius 2 is 2.30 bits per heavy atom. The number of hydroxylamine groups is 2. The summed E-state index contributed by atoms with van der Waals surface area (Å²) < 4.78 is 19.4. The summed E-state index contributed by atoms with van der Waals surface area (Å²) in [5.74, 6) is 0. The van der Waals surface area contributed by atoms with Gasteiger partial charge in [-0.15, -0.1) is 0 Å². The predicted octanol–water partition coefficient (Wildman–Crippen LogP) is 0.717. The number of morpholine rings is 1. The lowest BCUT2D eigenvalue weighted by molar-refractivity contribution is -0.235. The Labute approximate surface area is 157 Å². The molecular formula is C16H23N4O6P.